The van der Waals surface area contributed by atoms with Gasteiger partial charge in [0, 0.05) is 18.3 Å². The summed E-state index contributed by atoms with van der Waals surface area (Å²) in [7, 11) is -3.74. The quantitative estimate of drug-likeness (QED) is 0.540. The zero-order valence-electron chi connectivity index (χ0n) is 11.0. The van der Waals surface area contributed by atoms with Crippen molar-refractivity contribution in [3.8, 4) is 0 Å². The van der Waals surface area contributed by atoms with Gasteiger partial charge in [0.15, 0.2) is 5.82 Å². The lowest BCUT2D eigenvalue weighted by molar-refractivity contribution is 0.392. The second-order valence-electron chi connectivity index (χ2n) is 4.12. The van der Waals surface area contributed by atoms with Gasteiger partial charge in [-0.25, -0.2) is 24.0 Å². The van der Waals surface area contributed by atoms with Crippen LogP contribution in [0.3, 0.4) is 0 Å². The van der Waals surface area contributed by atoms with E-state index in [2.05, 4.69) is 20.3 Å². The Morgan fingerprint density at radius 2 is 2.15 bits per heavy atom. The summed E-state index contributed by atoms with van der Waals surface area (Å²) in [5.41, 5.74) is 3.61. The Kier molecular flexibility index (Phi) is 4.02. The fourth-order valence-corrected chi connectivity index (χ4v) is 2.83. The van der Waals surface area contributed by atoms with Crippen LogP contribution in [0.15, 0.2) is 27.7 Å². The van der Waals surface area contributed by atoms with E-state index in [1.54, 1.807) is 13.8 Å². The molecule has 8 nitrogen and oxygen atoms in total. The summed E-state index contributed by atoms with van der Waals surface area (Å²) in [5, 5.41) is 3.77. The van der Waals surface area contributed by atoms with Crippen LogP contribution < -0.4 is 16.0 Å². The van der Waals surface area contributed by atoms with E-state index in [0.717, 1.165) is 0 Å². The predicted molar refractivity (Wildman–Crippen MR) is 72.0 cm³/mol. The molecule has 0 aromatic carbocycles. The van der Waals surface area contributed by atoms with Crippen molar-refractivity contribution in [3.63, 3.8) is 0 Å². The van der Waals surface area contributed by atoms with Crippen molar-refractivity contribution in [1.29, 1.82) is 0 Å². The maximum atomic E-state index is 12.2. The monoisotopic (exact) mass is 297 g/mol. The first-order chi connectivity index (χ1) is 9.45. The van der Waals surface area contributed by atoms with Crippen LogP contribution in [0, 0.1) is 13.8 Å². The van der Waals surface area contributed by atoms with E-state index >= 15 is 0 Å². The Bertz CT molecular complexity index is 691. The van der Waals surface area contributed by atoms with Crippen molar-refractivity contribution in [1.82, 2.24) is 14.9 Å². The lowest BCUT2D eigenvalue weighted by atomic mass is 10.2. The second-order valence-corrected chi connectivity index (χ2v) is 5.86. The normalized spacial score (nSPS) is 11.6. The van der Waals surface area contributed by atoms with Gasteiger partial charge in [0.05, 0.1) is 5.69 Å². The molecule has 0 radical (unpaired) electrons. The van der Waals surface area contributed by atoms with Gasteiger partial charge in [-0.05, 0) is 26.0 Å². The number of nitrogen functional groups attached to an aromatic ring is 1. The number of aryl methyl sites for hydroxylation is 2. The van der Waals surface area contributed by atoms with Gasteiger partial charge in [-0.1, -0.05) is 5.16 Å². The highest BCUT2D eigenvalue weighted by Crippen LogP contribution is 2.18. The number of nitrogens with zero attached hydrogens (tertiary/aromatic N) is 2. The third-order valence-corrected chi connectivity index (χ3v) is 4.25. The molecule has 4 N–H and O–H groups in total. The number of hydrogen-bond acceptors (Lipinski definition) is 7. The smallest absolute Gasteiger partial charge is 0.244 e. The highest BCUT2D eigenvalue weighted by Gasteiger charge is 2.20. The minimum Gasteiger partial charge on any atom is -0.361 e. The molecule has 20 heavy (non-hydrogen) atoms. The molecule has 0 fully saturated rings. The number of hydrogen-bond donors (Lipinski definition) is 3. The van der Waals surface area contributed by atoms with E-state index in [1.807, 2.05) is 0 Å². The van der Waals surface area contributed by atoms with Crippen molar-refractivity contribution in [3.05, 3.63) is 35.3 Å². The molecule has 2 heterocycles. The Balaban J connectivity index is 2.24. The SMILES string of the molecule is Cc1noc(C)c1CNS(=O)(=O)c1cccnc1NN. The van der Waals surface area contributed by atoms with Crippen LogP contribution in [0.25, 0.3) is 0 Å². The molecule has 9 heteroatoms. The Hall–Kier alpha value is -1.97. The van der Waals surface area contributed by atoms with Gasteiger partial charge < -0.3 is 9.95 Å². The third-order valence-electron chi connectivity index (χ3n) is 2.82. The van der Waals surface area contributed by atoms with E-state index in [4.69, 9.17) is 10.4 Å². The fourth-order valence-electron chi connectivity index (χ4n) is 1.71. The van der Waals surface area contributed by atoms with Crippen LogP contribution in [0.2, 0.25) is 0 Å². The minimum absolute atomic E-state index is 0.0192. The molecule has 0 aliphatic carbocycles. The van der Waals surface area contributed by atoms with E-state index < -0.39 is 10.0 Å². The molecule has 0 bridgehead atoms. The van der Waals surface area contributed by atoms with Gasteiger partial charge in [-0.3, -0.25) is 0 Å². The summed E-state index contributed by atoms with van der Waals surface area (Å²) in [6.45, 7) is 3.56. The Morgan fingerprint density at radius 1 is 1.40 bits per heavy atom. The molecule has 2 aromatic rings. The molecule has 0 unspecified atom stereocenters. The van der Waals surface area contributed by atoms with Crippen LogP contribution in [0.1, 0.15) is 17.0 Å². The first kappa shape index (κ1) is 14.4. The maximum Gasteiger partial charge on any atom is 0.244 e. The molecule has 0 amide bonds. The Labute approximate surface area is 116 Å². The average Bonchev–Trinajstić information content (AvgIpc) is 2.76. The molecule has 0 atom stereocenters. The van der Waals surface area contributed by atoms with Crippen LogP contribution in [-0.2, 0) is 16.6 Å². The molecule has 108 valence electrons. The van der Waals surface area contributed by atoms with Gasteiger partial charge >= 0.3 is 0 Å². The zero-order chi connectivity index (χ0) is 14.8. The number of hydrazine groups is 1. The number of sulfonamides is 1. The summed E-state index contributed by atoms with van der Waals surface area (Å²) < 4.78 is 31.9. The number of nitrogens with one attached hydrogen (secondary N) is 2. The molecule has 2 aromatic heterocycles. The van der Waals surface area contributed by atoms with Crippen LogP contribution in [0.4, 0.5) is 5.82 Å². The highest BCUT2D eigenvalue weighted by atomic mass is 32.2. The molecule has 0 saturated carbocycles. The topological polar surface area (TPSA) is 123 Å². The van der Waals surface area contributed by atoms with Gasteiger partial charge in [0.25, 0.3) is 0 Å². The minimum atomic E-state index is -3.74. The first-order valence-electron chi connectivity index (χ1n) is 5.78. The predicted octanol–water partition coefficient (Wildman–Crippen LogP) is 0.451. The summed E-state index contributed by atoms with van der Waals surface area (Å²) >= 11 is 0. The van der Waals surface area contributed by atoms with Gasteiger partial charge in [-0.2, -0.15) is 0 Å². The molecule has 0 spiro atoms. The van der Waals surface area contributed by atoms with Gasteiger partial charge in [-0.15, -0.1) is 0 Å². The molecule has 2 rings (SSSR count). The summed E-state index contributed by atoms with van der Waals surface area (Å²) in [6.07, 6.45) is 1.45. The fraction of sp³-hybridized carbons (Fsp3) is 0.273. The standard InChI is InChI=1S/C11H15N5O3S/c1-7-9(8(2)19-16-7)6-14-20(17,18)10-4-3-5-13-11(10)15-12/h3-5,14H,6,12H2,1-2H3,(H,13,15). The van der Waals surface area contributed by atoms with E-state index in [-0.39, 0.29) is 17.3 Å². The highest BCUT2D eigenvalue weighted by molar-refractivity contribution is 7.89. The molecule has 0 aliphatic heterocycles. The second kappa shape index (κ2) is 5.57. The number of anilines is 1. The number of aromatic nitrogens is 2. The molecule has 0 saturated heterocycles. The lowest BCUT2D eigenvalue weighted by Crippen LogP contribution is -2.25. The number of pyridine rings is 1. The van der Waals surface area contributed by atoms with Crippen molar-refractivity contribution in [2.75, 3.05) is 5.43 Å². The van der Waals surface area contributed by atoms with Gasteiger partial charge in [0.2, 0.25) is 10.0 Å². The van der Waals surface area contributed by atoms with Crippen molar-refractivity contribution < 1.29 is 12.9 Å². The molecular formula is C11H15N5O3S. The van der Waals surface area contributed by atoms with Gasteiger partial charge in [0.1, 0.15) is 10.7 Å². The van der Waals surface area contributed by atoms with Crippen molar-refractivity contribution >= 4 is 15.8 Å². The Morgan fingerprint density at radius 3 is 2.75 bits per heavy atom. The average molecular weight is 297 g/mol. The number of nitrogens with two attached hydrogens (primary N) is 1. The lowest BCUT2D eigenvalue weighted by Gasteiger charge is -2.09. The van der Waals surface area contributed by atoms with Crippen molar-refractivity contribution in [2.24, 2.45) is 5.84 Å². The largest absolute Gasteiger partial charge is 0.361 e. The summed E-state index contributed by atoms with van der Waals surface area (Å²) in [5.74, 6) is 5.92. The zero-order valence-corrected chi connectivity index (χ0v) is 11.9. The number of rotatable bonds is 5. The first-order valence-corrected chi connectivity index (χ1v) is 7.27. The maximum absolute atomic E-state index is 12.2. The summed E-state index contributed by atoms with van der Waals surface area (Å²) in [4.78, 5) is 3.84. The third kappa shape index (κ3) is 2.79. The van der Waals surface area contributed by atoms with E-state index in [1.165, 1.54) is 18.3 Å². The molecular weight excluding hydrogens is 282 g/mol. The van der Waals surface area contributed by atoms with Crippen LogP contribution in [0.5, 0.6) is 0 Å². The van der Waals surface area contributed by atoms with Crippen molar-refractivity contribution in [2.45, 2.75) is 25.3 Å². The summed E-state index contributed by atoms with van der Waals surface area (Å²) in [6, 6.07) is 2.93. The van der Waals surface area contributed by atoms with Crippen LogP contribution in [-0.4, -0.2) is 18.6 Å². The van der Waals surface area contributed by atoms with Crippen LogP contribution >= 0.6 is 0 Å². The molecule has 0 aliphatic rings. The van der Waals surface area contributed by atoms with E-state index in [0.29, 0.717) is 17.0 Å². The van der Waals surface area contributed by atoms with E-state index in [9.17, 15) is 8.42 Å².